The number of sulfonamides is 1. The van der Waals surface area contributed by atoms with Gasteiger partial charge in [-0.1, -0.05) is 72.1 Å². The van der Waals surface area contributed by atoms with E-state index in [0.29, 0.717) is 16.3 Å². The second-order valence-electron chi connectivity index (χ2n) is 10.2. The maximum absolute atomic E-state index is 14.1. The number of carbonyl (C=O) groups is 2. The lowest BCUT2D eigenvalue weighted by atomic mass is 10.1. The summed E-state index contributed by atoms with van der Waals surface area (Å²) in [5.74, 6) is -0.814. The quantitative estimate of drug-likeness (QED) is 0.309. The molecule has 0 aliphatic rings. The van der Waals surface area contributed by atoms with E-state index in [-0.39, 0.29) is 23.4 Å². The summed E-state index contributed by atoms with van der Waals surface area (Å²) in [5.41, 5.74) is 3.59. The van der Waals surface area contributed by atoms with Gasteiger partial charge in [-0.3, -0.25) is 13.9 Å². The molecule has 0 aromatic heterocycles. The second kappa shape index (κ2) is 13.3. The predicted octanol–water partition coefficient (Wildman–Crippen LogP) is 5.79. The van der Waals surface area contributed by atoms with Crippen molar-refractivity contribution in [2.75, 3.05) is 10.8 Å². The molecule has 0 bridgehead atoms. The molecule has 9 heteroatoms. The first-order valence-electron chi connectivity index (χ1n) is 13.3. The first-order chi connectivity index (χ1) is 18.8. The Labute approximate surface area is 243 Å². The van der Waals surface area contributed by atoms with Crippen LogP contribution in [0.4, 0.5) is 5.69 Å². The van der Waals surface area contributed by atoms with Crippen LogP contribution in [-0.4, -0.2) is 43.8 Å². The number of nitrogens with zero attached hydrogens (tertiary/aromatic N) is 2. The number of amides is 2. The maximum atomic E-state index is 14.1. The van der Waals surface area contributed by atoms with Crippen molar-refractivity contribution < 1.29 is 18.0 Å². The highest BCUT2D eigenvalue weighted by molar-refractivity contribution is 7.92. The molecule has 0 aliphatic heterocycles. The predicted molar refractivity (Wildman–Crippen MR) is 161 cm³/mol. The van der Waals surface area contributed by atoms with E-state index in [1.807, 2.05) is 52.0 Å². The van der Waals surface area contributed by atoms with Gasteiger partial charge in [-0.2, -0.15) is 0 Å². The summed E-state index contributed by atoms with van der Waals surface area (Å²) in [6.45, 7) is 10.7. The molecular weight excluding hydrogens is 546 g/mol. The average molecular weight is 584 g/mol. The highest BCUT2D eigenvalue weighted by Gasteiger charge is 2.33. The van der Waals surface area contributed by atoms with Gasteiger partial charge >= 0.3 is 0 Å². The molecule has 0 heterocycles. The Kier molecular flexibility index (Phi) is 10.4. The summed E-state index contributed by atoms with van der Waals surface area (Å²) < 4.78 is 29.1. The minimum absolute atomic E-state index is 0.0538. The molecule has 0 fully saturated rings. The van der Waals surface area contributed by atoms with Gasteiger partial charge in [0.1, 0.15) is 12.6 Å². The lowest BCUT2D eigenvalue weighted by Gasteiger charge is -2.33. The monoisotopic (exact) mass is 583 g/mol. The molecule has 2 amide bonds. The Bertz CT molecular complexity index is 1460. The third kappa shape index (κ3) is 7.43. The van der Waals surface area contributed by atoms with E-state index in [0.717, 1.165) is 27.4 Å². The van der Waals surface area contributed by atoms with Gasteiger partial charge in [0.05, 0.1) is 10.6 Å². The third-order valence-electron chi connectivity index (χ3n) is 7.00. The van der Waals surface area contributed by atoms with Crippen molar-refractivity contribution in [3.63, 3.8) is 0 Å². The maximum Gasteiger partial charge on any atom is 0.264 e. The van der Waals surface area contributed by atoms with Crippen molar-refractivity contribution >= 4 is 39.1 Å². The topological polar surface area (TPSA) is 86.8 Å². The minimum atomic E-state index is -4.16. The molecule has 1 N–H and O–H groups in total. The molecular formula is C31H38ClN3O4S. The van der Waals surface area contributed by atoms with Gasteiger partial charge in [0.25, 0.3) is 10.0 Å². The van der Waals surface area contributed by atoms with Crippen LogP contribution < -0.4 is 9.62 Å². The lowest BCUT2D eigenvalue weighted by molar-refractivity contribution is -0.139. The van der Waals surface area contributed by atoms with E-state index >= 15 is 0 Å². The molecule has 3 aromatic carbocycles. The molecule has 2 atom stereocenters. The Morgan fingerprint density at radius 2 is 1.57 bits per heavy atom. The summed E-state index contributed by atoms with van der Waals surface area (Å²) in [6, 6.07) is 18.2. The van der Waals surface area contributed by atoms with Gasteiger partial charge in [0, 0.05) is 17.6 Å². The lowest BCUT2D eigenvalue weighted by Crippen LogP contribution is -2.52. The van der Waals surface area contributed by atoms with E-state index in [4.69, 9.17) is 11.6 Å². The number of rotatable bonds is 11. The standard InChI is InChI=1S/C31H38ClN3O4S/c1-7-23(4)33-31(37)25(6)34(19-26-11-8-10-22(3)18-26)30(36)20-35(29-13-9-12-28(32)24(29)5)40(38,39)27-16-14-21(2)15-17-27/h8-18,23,25H,7,19-20H2,1-6H3,(H,33,37)/t23-,25+/m0/s1. The Balaban J connectivity index is 2.07. The number of hydrogen-bond acceptors (Lipinski definition) is 4. The summed E-state index contributed by atoms with van der Waals surface area (Å²) in [6.07, 6.45) is 0.737. The van der Waals surface area contributed by atoms with Crippen molar-refractivity contribution in [3.8, 4) is 0 Å². The number of benzene rings is 3. The SMILES string of the molecule is CC[C@H](C)NC(=O)[C@@H](C)N(Cc1cccc(C)c1)C(=O)CN(c1cccc(Cl)c1C)S(=O)(=O)c1ccc(C)cc1. The zero-order chi connectivity index (χ0) is 29.6. The molecule has 7 nitrogen and oxygen atoms in total. The van der Waals surface area contributed by atoms with E-state index < -0.39 is 28.5 Å². The summed E-state index contributed by atoms with van der Waals surface area (Å²) in [5, 5.41) is 3.32. The fraction of sp³-hybridized carbons (Fsp3) is 0.355. The van der Waals surface area contributed by atoms with Crippen LogP contribution in [0.15, 0.2) is 71.6 Å². The molecule has 3 rings (SSSR count). The molecule has 0 saturated heterocycles. The first-order valence-corrected chi connectivity index (χ1v) is 15.2. The molecule has 214 valence electrons. The normalized spacial score (nSPS) is 12.9. The van der Waals surface area contributed by atoms with E-state index in [9.17, 15) is 18.0 Å². The van der Waals surface area contributed by atoms with Crippen LogP contribution in [0.25, 0.3) is 0 Å². The van der Waals surface area contributed by atoms with Gasteiger partial charge < -0.3 is 10.2 Å². The third-order valence-corrected chi connectivity index (χ3v) is 9.18. The van der Waals surface area contributed by atoms with Gasteiger partial charge in [0.2, 0.25) is 11.8 Å². The average Bonchev–Trinajstić information content (AvgIpc) is 2.91. The fourth-order valence-electron chi connectivity index (χ4n) is 4.27. The zero-order valence-corrected chi connectivity index (χ0v) is 25.5. The minimum Gasteiger partial charge on any atom is -0.352 e. The highest BCUT2D eigenvalue weighted by Crippen LogP contribution is 2.31. The number of carbonyl (C=O) groups excluding carboxylic acids is 2. The van der Waals surface area contributed by atoms with Crippen LogP contribution in [0.5, 0.6) is 0 Å². The molecule has 0 radical (unpaired) electrons. The highest BCUT2D eigenvalue weighted by atomic mass is 35.5. The summed E-state index contributed by atoms with van der Waals surface area (Å²) in [7, 11) is -4.16. The molecule has 0 unspecified atom stereocenters. The second-order valence-corrected chi connectivity index (χ2v) is 12.5. The summed E-state index contributed by atoms with van der Waals surface area (Å²) in [4.78, 5) is 28.7. The van der Waals surface area contributed by atoms with Crippen LogP contribution in [0.1, 0.15) is 49.4 Å². The first kappa shape index (κ1) is 31.2. The Morgan fingerprint density at radius 3 is 2.20 bits per heavy atom. The van der Waals surface area contributed by atoms with Crippen LogP contribution in [0.2, 0.25) is 5.02 Å². The number of anilines is 1. The molecule has 0 spiro atoms. The van der Waals surface area contributed by atoms with Crippen molar-refractivity contribution in [1.29, 1.82) is 0 Å². The number of nitrogens with one attached hydrogen (secondary N) is 1. The van der Waals surface area contributed by atoms with Gasteiger partial charge in [-0.05, 0) is 76.4 Å². The van der Waals surface area contributed by atoms with Crippen LogP contribution in [0.3, 0.4) is 0 Å². The fourth-order valence-corrected chi connectivity index (χ4v) is 5.91. The van der Waals surface area contributed by atoms with Crippen LogP contribution in [0, 0.1) is 20.8 Å². The largest absolute Gasteiger partial charge is 0.352 e. The molecule has 0 aliphatic carbocycles. The molecule has 40 heavy (non-hydrogen) atoms. The van der Waals surface area contributed by atoms with Gasteiger partial charge in [0.15, 0.2) is 0 Å². The van der Waals surface area contributed by atoms with E-state index in [1.165, 1.54) is 17.0 Å². The van der Waals surface area contributed by atoms with Crippen molar-refractivity contribution in [3.05, 3.63) is 94.0 Å². The van der Waals surface area contributed by atoms with Crippen LogP contribution >= 0.6 is 11.6 Å². The smallest absolute Gasteiger partial charge is 0.264 e. The van der Waals surface area contributed by atoms with Gasteiger partial charge in [-0.25, -0.2) is 8.42 Å². The van der Waals surface area contributed by atoms with Gasteiger partial charge in [-0.15, -0.1) is 0 Å². The number of halogens is 1. The van der Waals surface area contributed by atoms with E-state index in [1.54, 1.807) is 44.2 Å². The number of hydrogen-bond donors (Lipinski definition) is 1. The summed E-state index contributed by atoms with van der Waals surface area (Å²) >= 11 is 6.38. The molecule has 3 aromatic rings. The van der Waals surface area contributed by atoms with E-state index in [2.05, 4.69) is 5.32 Å². The zero-order valence-electron chi connectivity index (χ0n) is 23.9. The Hall–Kier alpha value is -3.36. The van der Waals surface area contributed by atoms with Crippen molar-refractivity contribution in [1.82, 2.24) is 10.2 Å². The van der Waals surface area contributed by atoms with Crippen molar-refractivity contribution in [2.24, 2.45) is 0 Å². The van der Waals surface area contributed by atoms with Crippen molar-refractivity contribution in [2.45, 2.75) is 71.5 Å². The van der Waals surface area contributed by atoms with Crippen LogP contribution in [-0.2, 0) is 26.2 Å². The number of aryl methyl sites for hydroxylation is 2. The molecule has 0 saturated carbocycles. The Morgan fingerprint density at radius 1 is 0.925 bits per heavy atom.